The van der Waals surface area contributed by atoms with Crippen LogP contribution in [0.2, 0.25) is 0 Å². The molecule has 3 aromatic rings. The molecule has 1 aliphatic rings. The molecule has 1 aliphatic heterocycles. The average Bonchev–Trinajstić information content (AvgIpc) is 2.81. The monoisotopic (exact) mass is 503 g/mol. The van der Waals surface area contributed by atoms with Gasteiger partial charge in [-0.3, -0.25) is 9.59 Å². The van der Waals surface area contributed by atoms with E-state index < -0.39 is 17.7 Å². The van der Waals surface area contributed by atoms with Crippen LogP contribution in [0.5, 0.6) is 0 Å². The molecule has 1 saturated heterocycles. The van der Waals surface area contributed by atoms with E-state index in [1.165, 1.54) is 18.2 Å². The third kappa shape index (κ3) is 6.31. The molecule has 0 N–H and O–H groups in total. The molecule has 1 atom stereocenters. The highest BCUT2D eigenvalue weighted by atomic mass is 32.1. The Labute approximate surface area is 208 Å². The highest BCUT2D eigenvalue weighted by molar-refractivity contribution is 7.59. The Kier molecular flexibility index (Phi) is 8.38. The molecule has 4 rings (SSSR count). The van der Waals surface area contributed by atoms with E-state index in [-0.39, 0.29) is 43.8 Å². The van der Waals surface area contributed by atoms with Crippen molar-refractivity contribution >= 4 is 30.9 Å². The molecule has 0 aliphatic carbocycles. The zero-order valence-corrected chi connectivity index (χ0v) is 19.8. The van der Waals surface area contributed by atoms with Gasteiger partial charge in [-0.05, 0) is 54.3 Å². The SMILES string of the molecule is O=C(Cc1ccc(C(F)(F)F)cc1)C[C@H]1CCCN(c2ccc(-c3ccccc3F)cc2)C1=O.S. The number of ketones is 1. The smallest absolute Gasteiger partial charge is 0.312 e. The first-order valence-corrected chi connectivity index (χ1v) is 11.1. The van der Waals surface area contributed by atoms with E-state index in [4.69, 9.17) is 0 Å². The third-order valence-electron chi connectivity index (χ3n) is 6.07. The lowest BCUT2D eigenvalue weighted by Gasteiger charge is -2.32. The van der Waals surface area contributed by atoms with Gasteiger partial charge in [0, 0.05) is 36.6 Å². The molecule has 0 aromatic heterocycles. The van der Waals surface area contributed by atoms with Crippen molar-refractivity contribution in [3.05, 3.63) is 89.7 Å². The number of carbonyl (C=O) groups excluding carboxylic acids is 2. The van der Waals surface area contributed by atoms with Crippen LogP contribution in [-0.4, -0.2) is 18.2 Å². The van der Waals surface area contributed by atoms with E-state index in [0.717, 1.165) is 18.6 Å². The average molecular weight is 504 g/mol. The first kappa shape index (κ1) is 26.5. The number of piperidine rings is 1. The Balaban J connectivity index is 0.00000342. The molecular weight excluding hydrogens is 478 g/mol. The molecule has 35 heavy (non-hydrogen) atoms. The summed E-state index contributed by atoms with van der Waals surface area (Å²) in [6.07, 6.45) is -3.07. The summed E-state index contributed by atoms with van der Waals surface area (Å²) in [5.74, 6) is -1.13. The number of benzene rings is 3. The van der Waals surface area contributed by atoms with E-state index in [1.807, 2.05) is 0 Å². The molecular formula is C27H25F4NO2S. The number of alkyl halides is 3. The summed E-state index contributed by atoms with van der Waals surface area (Å²) >= 11 is 0. The van der Waals surface area contributed by atoms with Crippen LogP contribution < -0.4 is 4.90 Å². The third-order valence-corrected chi connectivity index (χ3v) is 6.07. The second kappa shape index (κ2) is 11.1. The number of halogens is 4. The summed E-state index contributed by atoms with van der Waals surface area (Å²) in [5, 5.41) is 0. The van der Waals surface area contributed by atoms with Gasteiger partial charge < -0.3 is 4.90 Å². The highest BCUT2D eigenvalue weighted by Crippen LogP contribution is 2.31. The molecule has 0 saturated carbocycles. The minimum Gasteiger partial charge on any atom is -0.312 e. The fourth-order valence-corrected chi connectivity index (χ4v) is 4.30. The highest BCUT2D eigenvalue weighted by Gasteiger charge is 2.32. The summed E-state index contributed by atoms with van der Waals surface area (Å²) in [6, 6.07) is 18.0. The van der Waals surface area contributed by atoms with Gasteiger partial charge in [0.2, 0.25) is 5.91 Å². The van der Waals surface area contributed by atoms with Crippen LogP contribution in [0.15, 0.2) is 72.8 Å². The minimum absolute atomic E-state index is 0. The van der Waals surface area contributed by atoms with Crippen LogP contribution in [0.3, 0.4) is 0 Å². The first-order valence-electron chi connectivity index (χ1n) is 11.1. The van der Waals surface area contributed by atoms with Crippen molar-refractivity contribution < 1.29 is 27.2 Å². The predicted octanol–water partition coefficient (Wildman–Crippen LogP) is 6.57. The Morgan fingerprint density at radius 2 is 1.60 bits per heavy atom. The van der Waals surface area contributed by atoms with Crippen molar-refractivity contribution in [3.8, 4) is 11.1 Å². The van der Waals surface area contributed by atoms with Crippen molar-refractivity contribution in [2.24, 2.45) is 5.92 Å². The summed E-state index contributed by atoms with van der Waals surface area (Å²) in [4.78, 5) is 27.3. The number of hydrogen-bond acceptors (Lipinski definition) is 2. The predicted molar refractivity (Wildman–Crippen MR) is 132 cm³/mol. The van der Waals surface area contributed by atoms with E-state index in [0.29, 0.717) is 35.3 Å². The summed E-state index contributed by atoms with van der Waals surface area (Å²) in [6.45, 7) is 0.529. The number of amides is 1. The molecule has 0 bridgehead atoms. The molecule has 1 fully saturated rings. The Bertz CT molecular complexity index is 1180. The lowest BCUT2D eigenvalue weighted by Crippen LogP contribution is -2.42. The molecule has 3 nitrogen and oxygen atoms in total. The zero-order valence-electron chi connectivity index (χ0n) is 18.8. The molecule has 184 valence electrons. The van der Waals surface area contributed by atoms with Gasteiger partial charge in [0.05, 0.1) is 5.56 Å². The number of rotatable bonds is 6. The number of nitrogens with zero attached hydrogens (tertiary/aromatic N) is 1. The van der Waals surface area contributed by atoms with Gasteiger partial charge in [0.15, 0.2) is 0 Å². The quantitative estimate of drug-likeness (QED) is 0.357. The molecule has 0 unspecified atom stereocenters. The summed E-state index contributed by atoms with van der Waals surface area (Å²) in [5.41, 5.74) is 1.59. The standard InChI is InChI=1S/C27H23F4NO2.H2S/c28-25-6-2-1-5-24(25)19-9-13-22(14-10-19)32-15-3-4-20(26(32)34)17-23(33)16-18-7-11-21(12-8-18)27(29,30)31;/h1-2,5-14,20H,3-4,15-17H2;1H2/t20-;/m1./s1. The molecule has 3 aromatic carbocycles. The lowest BCUT2D eigenvalue weighted by atomic mass is 9.90. The maximum atomic E-state index is 14.0. The van der Waals surface area contributed by atoms with Gasteiger partial charge in [-0.1, -0.05) is 42.5 Å². The summed E-state index contributed by atoms with van der Waals surface area (Å²) in [7, 11) is 0. The van der Waals surface area contributed by atoms with Gasteiger partial charge in [-0.15, -0.1) is 0 Å². The normalized spacial score (nSPS) is 16.1. The van der Waals surface area contributed by atoms with Crippen LogP contribution in [0, 0.1) is 11.7 Å². The molecule has 0 spiro atoms. The van der Waals surface area contributed by atoms with Crippen LogP contribution in [0.1, 0.15) is 30.4 Å². The Hall–Kier alpha value is -3.13. The first-order chi connectivity index (χ1) is 16.2. The fourth-order valence-electron chi connectivity index (χ4n) is 4.30. The molecule has 0 radical (unpaired) electrons. The van der Waals surface area contributed by atoms with Crippen LogP contribution in [-0.2, 0) is 22.2 Å². The number of carbonyl (C=O) groups is 2. The van der Waals surface area contributed by atoms with E-state index in [2.05, 4.69) is 0 Å². The van der Waals surface area contributed by atoms with Crippen molar-refractivity contribution in [3.63, 3.8) is 0 Å². The van der Waals surface area contributed by atoms with Gasteiger partial charge in [0.1, 0.15) is 11.6 Å². The van der Waals surface area contributed by atoms with Crippen molar-refractivity contribution in [2.75, 3.05) is 11.4 Å². The molecule has 1 heterocycles. The largest absolute Gasteiger partial charge is 0.416 e. The van der Waals surface area contributed by atoms with Crippen LogP contribution >= 0.6 is 13.5 Å². The maximum absolute atomic E-state index is 14.0. The van der Waals surface area contributed by atoms with Crippen LogP contribution in [0.4, 0.5) is 23.2 Å². The van der Waals surface area contributed by atoms with E-state index in [9.17, 15) is 27.2 Å². The van der Waals surface area contributed by atoms with Crippen LogP contribution in [0.25, 0.3) is 11.1 Å². The van der Waals surface area contributed by atoms with E-state index >= 15 is 0 Å². The number of hydrogen-bond donors (Lipinski definition) is 0. The Morgan fingerprint density at radius 1 is 0.943 bits per heavy atom. The molecule has 8 heteroatoms. The van der Waals surface area contributed by atoms with Gasteiger partial charge in [-0.25, -0.2) is 4.39 Å². The number of anilines is 1. The zero-order chi connectivity index (χ0) is 24.3. The van der Waals surface area contributed by atoms with Crippen molar-refractivity contribution in [1.82, 2.24) is 0 Å². The van der Waals surface area contributed by atoms with Gasteiger partial charge in [-0.2, -0.15) is 26.7 Å². The topological polar surface area (TPSA) is 37.4 Å². The van der Waals surface area contributed by atoms with Crippen molar-refractivity contribution in [1.29, 1.82) is 0 Å². The fraction of sp³-hybridized carbons (Fsp3) is 0.259. The maximum Gasteiger partial charge on any atom is 0.416 e. The molecule has 1 amide bonds. The second-order valence-corrected chi connectivity index (χ2v) is 8.47. The lowest BCUT2D eigenvalue weighted by molar-refractivity contribution is -0.137. The van der Waals surface area contributed by atoms with Crippen molar-refractivity contribution in [2.45, 2.75) is 31.9 Å². The number of Topliss-reactive ketones (excluding diaryl/α,β-unsaturated/α-hetero) is 1. The second-order valence-electron chi connectivity index (χ2n) is 8.47. The summed E-state index contributed by atoms with van der Waals surface area (Å²) < 4.78 is 52.2. The van der Waals surface area contributed by atoms with Gasteiger partial charge in [0.25, 0.3) is 0 Å². The van der Waals surface area contributed by atoms with E-state index in [1.54, 1.807) is 47.4 Å². The van der Waals surface area contributed by atoms with Gasteiger partial charge >= 0.3 is 6.18 Å². The Morgan fingerprint density at radius 3 is 2.23 bits per heavy atom. The minimum atomic E-state index is -4.42.